The molecule has 4 rings (SSSR count). The Morgan fingerprint density at radius 1 is 1.28 bits per heavy atom. The highest BCUT2D eigenvalue weighted by atomic mass is 16.5. The minimum absolute atomic E-state index is 0.0521. The summed E-state index contributed by atoms with van der Waals surface area (Å²) in [5.41, 5.74) is 7.47. The lowest BCUT2D eigenvalue weighted by Gasteiger charge is -2.54. The first kappa shape index (κ1) is 23.4. The second kappa shape index (κ2) is 8.25. The number of carbonyl (C=O) groups is 2. The van der Waals surface area contributed by atoms with Gasteiger partial charge < -0.3 is 15.6 Å². The van der Waals surface area contributed by atoms with Crippen LogP contribution in [0.5, 0.6) is 0 Å². The Labute approximate surface area is 192 Å². The van der Waals surface area contributed by atoms with Gasteiger partial charge in [-0.1, -0.05) is 56.2 Å². The fraction of sp³-hybridized carbons (Fsp3) is 0.704. The van der Waals surface area contributed by atoms with Crippen molar-refractivity contribution in [3.8, 4) is 0 Å². The molecule has 0 saturated heterocycles. The summed E-state index contributed by atoms with van der Waals surface area (Å²) in [6.45, 7) is 9.18. The molecule has 0 radical (unpaired) electrons. The SMILES string of the molecule is C[C@@H]1CC2C3CCC4=CC(O)C=C[C@]4(C)C3=CC[C@]2(C)[C@@]1(C)C(=O)COC(=O)CCCN. The van der Waals surface area contributed by atoms with Gasteiger partial charge in [-0.3, -0.25) is 9.59 Å². The second-order valence-electron chi connectivity index (χ2n) is 11.1. The molecule has 0 aromatic heterocycles. The molecule has 0 bridgehead atoms. The Balaban J connectivity index is 1.59. The molecule has 0 heterocycles. The van der Waals surface area contributed by atoms with Crippen LogP contribution in [0.4, 0.5) is 0 Å². The molecule has 4 aliphatic carbocycles. The number of Topliss-reactive ketones (excluding diaryl/α,β-unsaturated/α-hetero) is 1. The van der Waals surface area contributed by atoms with Crippen LogP contribution in [0, 0.1) is 34.0 Å². The third-order valence-corrected chi connectivity index (χ3v) is 9.75. The minimum atomic E-state index is -0.524. The molecule has 0 amide bonds. The number of ketones is 1. The molecule has 0 spiro atoms. The number of hydrogen-bond donors (Lipinski definition) is 2. The molecular formula is C27H39NO4. The van der Waals surface area contributed by atoms with Crippen molar-refractivity contribution in [1.29, 1.82) is 0 Å². The first-order chi connectivity index (χ1) is 15.1. The van der Waals surface area contributed by atoms with Gasteiger partial charge in [0.05, 0.1) is 6.10 Å². The van der Waals surface area contributed by atoms with E-state index in [9.17, 15) is 14.7 Å². The monoisotopic (exact) mass is 441 g/mol. The highest BCUT2D eigenvalue weighted by Gasteiger charge is 2.65. The van der Waals surface area contributed by atoms with Crippen LogP contribution in [0.2, 0.25) is 0 Å². The number of aliphatic hydroxyl groups is 1. The predicted octanol–water partition coefficient (Wildman–Crippen LogP) is 4.11. The van der Waals surface area contributed by atoms with Crippen molar-refractivity contribution >= 4 is 11.8 Å². The van der Waals surface area contributed by atoms with Gasteiger partial charge in [0.2, 0.25) is 0 Å². The Morgan fingerprint density at radius 3 is 2.75 bits per heavy atom. The van der Waals surface area contributed by atoms with Crippen LogP contribution in [-0.2, 0) is 14.3 Å². The van der Waals surface area contributed by atoms with Crippen LogP contribution in [0.15, 0.2) is 35.5 Å². The van der Waals surface area contributed by atoms with E-state index in [1.54, 1.807) is 0 Å². The maximum atomic E-state index is 13.5. The molecule has 0 aliphatic heterocycles. The number of nitrogens with two attached hydrogens (primary N) is 1. The summed E-state index contributed by atoms with van der Waals surface area (Å²) < 4.78 is 5.36. The Morgan fingerprint density at radius 2 is 2.03 bits per heavy atom. The molecule has 3 N–H and O–H groups in total. The summed E-state index contributed by atoms with van der Waals surface area (Å²) in [6, 6.07) is 0. The number of aliphatic hydroxyl groups excluding tert-OH is 1. The van der Waals surface area contributed by atoms with Crippen LogP contribution in [0.1, 0.15) is 66.2 Å². The van der Waals surface area contributed by atoms with Crippen LogP contribution in [0.3, 0.4) is 0 Å². The van der Waals surface area contributed by atoms with Gasteiger partial charge in [-0.15, -0.1) is 0 Å². The van der Waals surface area contributed by atoms with E-state index in [0.29, 0.717) is 24.8 Å². The fourth-order valence-electron chi connectivity index (χ4n) is 7.42. The van der Waals surface area contributed by atoms with Crippen LogP contribution >= 0.6 is 0 Å². The molecule has 4 aliphatic rings. The van der Waals surface area contributed by atoms with E-state index in [0.717, 1.165) is 25.7 Å². The lowest BCUT2D eigenvalue weighted by molar-refractivity contribution is -0.155. The fourth-order valence-corrected chi connectivity index (χ4v) is 7.42. The molecule has 5 heteroatoms. The maximum Gasteiger partial charge on any atom is 0.306 e. The van der Waals surface area contributed by atoms with Gasteiger partial charge in [0, 0.05) is 17.3 Å². The number of esters is 1. The summed E-state index contributed by atoms with van der Waals surface area (Å²) in [7, 11) is 0. The summed E-state index contributed by atoms with van der Waals surface area (Å²) >= 11 is 0. The molecule has 3 unspecified atom stereocenters. The molecule has 32 heavy (non-hydrogen) atoms. The Bertz CT molecular complexity index is 888. The molecule has 7 atom stereocenters. The van der Waals surface area contributed by atoms with Gasteiger partial charge >= 0.3 is 5.97 Å². The third kappa shape index (κ3) is 3.35. The van der Waals surface area contributed by atoms with Crippen molar-refractivity contribution in [3.63, 3.8) is 0 Å². The number of rotatable bonds is 6. The largest absolute Gasteiger partial charge is 0.458 e. The average molecular weight is 442 g/mol. The highest BCUT2D eigenvalue weighted by Crippen LogP contribution is 2.69. The molecule has 2 fully saturated rings. The van der Waals surface area contributed by atoms with Crippen molar-refractivity contribution in [2.24, 2.45) is 39.7 Å². The van der Waals surface area contributed by atoms with Crippen LogP contribution < -0.4 is 5.73 Å². The third-order valence-electron chi connectivity index (χ3n) is 9.75. The lowest BCUT2D eigenvalue weighted by Crippen LogP contribution is -2.51. The number of hydrogen-bond acceptors (Lipinski definition) is 5. The molecule has 2 saturated carbocycles. The maximum absolute atomic E-state index is 13.5. The molecule has 5 nitrogen and oxygen atoms in total. The molecule has 0 aromatic rings. The normalized spacial score (nSPS) is 42.3. The van der Waals surface area contributed by atoms with Crippen molar-refractivity contribution in [1.82, 2.24) is 0 Å². The highest BCUT2D eigenvalue weighted by molar-refractivity contribution is 5.89. The molecule has 176 valence electrons. The molecular weight excluding hydrogens is 402 g/mol. The average Bonchev–Trinajstić information content (AvgIpc) is 2.98. The van der Waals surface area contributed by atoms with E-state index in [1.165, 1.54) is 11.1 Å². The van der Waals surface area contributed by atoms with Crippen LogP contribution in [0.25, 0.3) is 0 Å². The van der Waals surface area contributed by atoms with Gasteiger partial charge in [0.25, 0.3) is 0 Å². The number of carbonyl (C=O) groups excluding carboxylic acids is 2. The van der Waals surface area contributed by atoms with Gasteiger partial charge in [-0.25, -0.2) is 0 Å². The zero-order chi connectivity index (χ0) is 23.3. The zero-order valence-electron chi connectivity index (χ0n) is 20.0. The van der Waals surface area contributed by atoms with Crippen molar-refractivity contribution in [2.45, 2.75) is 72.3 Å². The predicted molar refractivity (Wildman–Crippen MR) is 125 cm³/mol. The standard InChI is InChI=1S/C27H39NO4/c1-17-14-22-20-8-7-18-15-19(29)9-11-25(18,2)21(20)10-12-26(22,3)27(17,4)23(30)16-32-24(31)6-5-13-28/h9-11,15,17,19-20,22,29H,5-8,12-14,16,28H2,1-4H3/t17-,19?,20?,22?,25+,26+,27-/m1/s1. The number of allylic oxidation sites excluding steroid dienone is 4. The number of ether oxygens (including phenoxy) is 1. The summed E-state index contributed by atoms with van der Waals surface area (Å²) in [6.07, 6.45) is 12.8. The van der Waals surface area contributed by atoms with Gasteiger partial charge in [-0.2, -0.15) is 0 Å². The molecule has 0 aromatic carbocycles. The second-order valence-corrected chi connectivity index (χ2v) is 11.1. The summed E-state index contributed by atoms with van der Waals surface area (Å²) in [4.78, 5) is 25.5. The van der Waals surface area contributed by atoms with E-state index in [4.69, 9.17) is 10.5 Å². The van der Waals surface area contributed by atoms with Crippen molar-refractivity contribution < 1.29 is 19.4 Å². The van der Waals surface area contributed by atoms with Crippen LogP contribution in [-0.4, -0.2) is 36.1 Å². The Kier molecular flexibility index (Phi) is 6.04. The smallest absolute Gasteiger partial charge is 0.306 e. The van der Waals surface area contributed by atoms with E-state index < -0.39 is 11.5 Å². The zero-order valence-corrected chi connectivity index (χ0v) is 20.0. The van der Waals surface area contributed by atoms with Crippen molar-refractivity contribution in [3.05, 3.63) is 35.5 Å². The topological polar surface area (TPSA) is 89.6 Å². The van der Waals surface area contributed by atoms with Crippen molar-refractivity contribution in [2.75, 3.05) is 13.2 Å². The van der Waals surface area contributed by atoms with E-state index in [1.807, 2.05) is 12.2 Å². The first-order valence-corrected chi connectivity index (χ1v) is 12.3. The first-order valence-electron chi connectivity index (χ1n) is 12.3. The quantitative estimate of drug-likeness (QED) is 0.478. The van der Waals surface area contributed by atoms with E-state index in [-0.39, 0.29) is 41.5 Å². The summed E-state index contributed by atoms with van der Waals surface area (Å²) in [5.74, 6) is 0.819. The Hall–Kier alpha value is -1.72. The summed E-state index contributed by atoms with van der Waals surface area (Å²) in [5, 5.41) is 10.1. The van der Waals surface area contributed by atoms with E-state index in [2.05, 4.69) is 39.8 Å². The minimum Gasteiger partial charge on any atom is -0.458 e. The van der Waals surface area contributed by atoms with Gasteiger partial charge in [0.1, 0.15) is 0 Å². The van der Waals surface area contributed by atoms with E-state index >= 15 is 0 Å². The number of fused-ring (bicyclic) bond motifs is 5. The van der Waals surface area contributed by atoms with Gasteiger partial charge in [0.15, 0.2) is 12.4 Å². The van der Waals surface area contributed by atoms with Gasteiger partial charge in [-0.05, 0) is 68.7 Å². The lowest BCUT2D eigenvalue weighted by atomic mass is 9.49.